The minimum absolute atomic E-state index is 0.0488. The zero-order valence-corrected chi connectivity index (χ0v) is 19.9. The van der Waals surface area contributed by atoms with Crippen LogP contribution in [-0.2, 0) is 17.1 Å². The third kappa shape index (κ3) is 4.31. The molecule has 0 atom stereocenters. The minimum atomic E-state index is -4.17. The second-order valence-electron chi connectivity index (χ2n) is 6.91. The number of hydrogen-bond donors (Lipinski definition) is 2. The minimum Gasteiger partial charge on any atom is -0.481 e. The maximum Gasteiger partial charge on any atom is 0.266 e. The average molecular weight is 511 g/mol. The second-order valence-corrected chi connectivity index (χ2v) is 8.97. The Kier molecular flexibility index (Phi) is 6.48. The molecule has 3 aromatic heterocycles. The van der Waals surface area contributed by atoms with Crippen molar-refractivity contribution >= 4 is 38.5 Å². The van der Waals surface area contributed by atoms with Gasteiger partial charge in [0.15, 0.2) is 0 Å². The molecule has 0 aliphatic carbocycles. The number of nitrogens with zero attached hydrogens (tertiary/aromatic N) is 4. The molecule has 4 rings (SSSR count). The first-order chi connectivity index (χ1) is 16.3. The molecule has 180 valence electrons. The maximum absolute atomic E-state index is 13.2. The third-order valence-electron chi connectivity index (χ3n) is 4.77. The Hall–Kier alpha value is -3.58. The van der Waals surface area contributed by atoms with Crippen molar-refractivity contribution in [2.75, 3.05) is 32.2 Å². The number of aromatic amines is 1. The maximum atomic E-state index is 13.2. The normalized spacial score (nSPS) is 11.6. The summed E-state index contributed by atoms with van der Waals surface area (Å²) < 4.78 is 58.5. The molecule has 0 spiro atoms. The van der Waals surface area contributed by atoms with Crippen molar-refractivity contribution in [1.82, 2.24) is 24.7 Å². The Bertz CT molecular complexity index is 1430. The predicted molar refractivity (Wildman–Crippen MR) is 123 cm³/mol. The van der Waals surface area contributed by atoms with Crippen LogP contribution in [-0.4, -0.2) is 60.7 Å². The van der Waals surface area contributed by atoms with Crippen LogP contribution in [0.15, 0.2) is 35.5 Å². The number of hydrogen-bond acceptors (Lipinski definition) is 8. The molecule has 4 aromatic rings. The molecule has 0 amide bonds. The summed E-state index contributed by atoms with van der Waals surface area (Å²) in [5, 5.41) is 5.16. The van der Waals surface area contributed by atoms with E-state index in [0.29, 0.717) is 27.2 Å². The number of rotatable bonds is 9. The Balaban J connectivity index is 1.75. The molecule has 34 heavy (non-hydrogen) atoms. The molecule has 0 bridgehead atoms. The van der Waals surface area contributed by atoms with Crippen molar-refractivity contribution < 1.29 is 27.0 Å². The molecular weight excluding hydrogens is 491 g/mol. The van der Waals surface area contributed by atoms with E-state index >= 15 is 0 Å². The third-order valence-corrected chi connectivity index (χ3v) is 6.45. The molecule has 0 fully saturated rings. The monoisotopic (exact) mass is 510 g/mol. The molecule has 1 aromatic carbocycles. The number of aromatic nitrogens is 5. The van der Waals surface area contributed by atoms with Crippen LogP contribution >= 0.6 is 11.6 Å². The Morgan fingerprint density at radius 2 is 1.88 bits per heavy atom. The summed E-state index contributed by atoms with van der Waals surface area (Å²) in [5.74, 6) is -0.621. The van der Waals surface area contributed by atoms with E-state index in [1.165, 1.54) is 20.4 Å². The molecule has 0 unspecified atom stereocenters. The lowest BCUT2D eigenvalue weighted by atomic mass is 10.1. The summed E-state index contributed by atoms with van der Waals surface area (Å²) in [6.07, 6.45) is 3.09. The van der Waals surface area contributed by atoms with E-state index in [-0.39, 0.29) is 35.0 Å². The molecule has 0 aliphatic heterocycles. The van der Waals surface area contributed by atoms with E-state index in [1.54, 1.807) is 36.1 Å². The van der Waals surface area contributed by atoms with Gasteiger partial charge >= 0.3 is 0 Å². The van der Waals surface area contributed by atoms with Gasteiger partial charge in [-0.05, 0) is 18.2 Å². The number of alkyl halides is 1. The summed E-state index contributed by atoms with van der Waals surface area (Å²) in [4.78, 5) is 10.9. The van der Waals surface area contributed by atoms with Gasteiger partial charge in [-0.15, -0.1) is 0 Å². The molecule has 14 heteroatoms. The van der Waals surface area contributed by atoms with Crippen LogP contribution in [0.25, 0.3) is 22.2 Å². The molecule has 0 saturated heterocycles. The van der Waals surface area contributed by atoms with E-state index in [1.807, 2.05) is 0 Å². The first-order valence-corrected chi connectivity index (χ1v) is 11.7. The largest absolute Gasteiger partial charge is 0.481 e. The van der Waals surface area contributed by atoms with Crippen molar-refractivity contribution in [1.29, 1.82) is 0 Å². The van der Waals surface area contributed by atoms with Crippen LogP contribution in [0.3, 0.4) is 0 Å². The summed E-state index contributed by atoms with van der Waals surface area (Å²) in [7, 11) is 0.190. The van der Waals surface area contributed by atoms with Gasteiger partial charge in [-0.1, -0.05) is 11.6 Å². The van der Waals surface area contributed by atoms with Crippen molar-refractivity contribution in [3.63, 3.8) is 0 Å². The van der Waals surface area contributed by atoms with E-state index < -0.39 is 16.7 Å². The van der Waals surface area contributed by atoms with Gasteiger partial charge in [-0.25, -0.2) is 17.5 Å². The van der Waals surface area contributed by atoms with E-state index in [0.717, 1.165) is 0 Å². The number of sulfonamides is 1. The smallest absolute Gasteiger partial charge is 0.266 e. The van der Waals surface area contributed by atoms with Crippen molar-refractivity contribution in [2.24, 2.45) is 7.05 Å². The zero-order chi connectivity index (χ0) is 24.5. The Morgan fingerprint density at radius 1 is 1.18 bits per heavy atom. The number of aryl methyl sites for hydroxylation is 1. The fraction of sp³-hybridized carbons (Fsp3) is 0.250. The predicted octanol–water partition coefficient (Wildman–Crippen LogP) is 3.18. The van der Waals surface area contributed by atoms with E-state index in [2.05, 4.69) is 24.8 Å². The van der Waals surface area contributed by atoms with Gasteiger partial charge in [-0.3, -0.25) is 4.68 Å². The van der Waals surface area contributed by atoms with Crippen LogP contribution in [0.4, 0.5) is 10.3 Å². The number of methoxy groups -OCH3 is 2. The van der Waals surface area contributed by atoms with Gasteiger partial charge < -0.3 is 19.2 Å². The SMILES string of the molecule is COc1nc(NS(=O)(=O)c2c[nH]c3c(-c4ccn(C)n4)c(Cl)ccc23)nc(OC)c1OCCF. The highest BCUT2D eigenvalue weighted by atomic mass is 35.5. The zero-order valence-electron chi connectivity index (χ0n) is 18.3. The standard InChI is InChI=1S/C20H20ClFN6O5S/c1-28-8-6-13(26-28)15-12(21)5-4-11-14(10-23-16(11)15)34(29,30)27-20-24-18(31-2)17(33-9-7-22)19(25-20)32-3/h4-6,8,10,23H,7,9H2,1-3H3,(H,24,25,27). The fourth-order valence-electron chi connectivity index (χ4n) is 3.34. The van der Waals surface area contributed by atoms with Crippen molar-refractivity contribution in [3.05, 3.63) is 35.6 Å². The Morgan fingerprint density at radius 3 is 2.47 bits per heavy atom. The molecule has 0 radical (unpaired) electrons. The lowest BCUT2D eigenvalue weighted by Gasteiger charge is -2.14. The number of ether oxygens (including phenoxy) is 3. The summed E-state index contributed by atoms with van der Waals surface area (Å²) in [5.41, 5.74) is 1.64. The highest BCUT2D eigenvalue weighted by molar-refractivity contribution is 7.93. The second kappa shape index (κ2) is 9.35. The topological polar surface area (TPSA) is 133 Å². The molecular formula is C20H20ClFN6O5S. The molecule has 11 nitrogen and oxygen atoms in total. The van der Waals surface area contributed by atoms with Gasteiger partial charge in [0.05, 0.1) is 30.5 Å². The van der Waals surface area contributed by atoms with Crippen LogP contribution in [0, 0.1) is 0 Å². The number of anilines is 1. The van der Waals surface area contributed by atoms with Crippen LogP contribution < -0.4 is 18.9 Å². The van der Waals surface area contributed by atoms with Gasteiger partial charge in [-0.2, -0.15) is 15.1 Å². The number of H-pyrrole nitrogens is 1. The molecule has 0 saturated carbocycles. The Labute approximate surface area is 198 Å². The summed E-state index contributed by atoms with van der Waals surface area (Å²) in [6, 6.07) is 4.96. The van der Waals surface area contributed by atoms with Crippen LogP contribution in [0.1, 0.15) is 0 Å². The molecule has 3 heterocycles. The van der Waals surface area contributed by atoms with Crippen molar-refractivity contribution in [3.8, 4) is 28.8 Å². The summed E-state index contributed by atoms with van der Waals surface area (Å²) >= 11 is 6.40. The lowest BCUT2D eigenvalue weighted by Crippen LogP contribution is -2.16. The number of halogens is 2. The van der Waals surface area contributed by atoms with Crippen molar-refractivity contribution in [2.45, 2.75) is 4.90 Å². The van der Waals surface area contributed by atoms with E-state index in [9.17, 15) is 12.8 Å². The lowest BCUT2D eigenvalue weighted by molar-refractivity contribution is 0.240. The summed E-state index contributed by atoms with van der Waals surface area (Å²) in [6.45, 7) is -1.04. The molecule has 0 aliphatic rings. The molecule has 2 N–H and O–H groups in total. The van der Waals surface area contributed by atoms with Gasteiger partial charge in [0.1, 0.15) is 18.2 Å². The van der Waals surface area contributed by atoms with Gasteiger partial charge in [0.2, 0.25) is 11.7 Å². The van der Waals surface area contributed by atoms with E-state index in [4.69, 9.17) is 25.8 Å². The first kappa shape index (κ1) is 23.6. The van der Waals surface area contributed by atoms with Crippen LogP contribution in [0.2, 0.25) is 5.02 Å². The number of benzene rings is 1. The quantitative estimate of drug-likeness (QED) is 0.351. The first-order valence-electron chi connectivity index (χ1n) is 9.80. The number of nitrogens with one attached hydrogen (secondary N) is 2. The highest BCUT2D eigenvalue weighted by Gasteiger charge is 2.25. The van der Waals surface area contributed by atoms with Gasteiger partial charge in [0, 0.05) is 30.4 Å². The number of fused-ring (bicyclic) bond motifs is 1. The van der Waals surface area contributed by atoms with Gasteiger partial charge in [0.25, 0.3) is 21.8 Å². The average Bonchev–Trinajstić information content (AvgIpc) is 3.43. The highest BCUT2D eigenvalue weighted by Crippen LogP contribution is 2.38. The fourth-order valence-corrected chi connectivity index (χ4v) is 4.71. The van der Waals surface area contributed by atoms with Crippen LogP contribution in [0.5, 0.6) is 17.5 Å².